The molecule has 0 bridgehead atoms. The van der Waals surface area contributed by atoms with Crippen molar-refractivity contribution in [3.05, 3.63) is 72.2 Å². The molecule has 1 spiro atoms. The van der Waals surface area contributed by atoms with Gasteiger partial charge in [0, 0.05) is 41.7 Å². The normalized spacial score (nSPS) is 21.6. The van der Waals surface area contributed by atoms with Gasteiger partial charge in [-0.25, -0.2) is 0 Å². The molecular weight excluding hydrogens is 354 g/mol. The molecule has 0 amide bonds. The summed E-state index contributed by atoms with van der Waals surface area (Å²) in [7, 11) is 0. The molecule has 4 nitrogen and oxygen atoms in total. The highest BCUT2D eigenvalue weighted by Gasteiger charge is 2.49. The minimum atomic E-state index is 0.345. The molecule has 5 heteroatoms. The molecule has 2 fully saturated rings. The standard InChI is InChI=1S/C22H23N3OS/c1-2-7-21-17(5-1)8-9-18(24-21)12-25-15-22(16-25)11-20(14-27-22)26-13-19-6-3-4-10-23-19/h1-10,20H,11-16H2. The first-order chi connectivity index (χ1) is 13.3. The summed E-state index contributed by atoms with van der Waals surface area (Å²) in [5.74, 6) is 1.09. The van der Waals surface area contributed by atoms with E-state index in [-0.39, 0.29) is 0 Å². The zero-order chi connectivity index (χ0) is 18.1. The Morgan fingerprint density at radius 3 is 2.81 bits per heavy atom. The van der Waals surface area contributed by atoms with Crippen molar-refractivity contribution < 1.29 is 4.74 Å². The Morgan fingerprint density at radius 1 is 1.04 bits per heavy atom. The van der Waals surface area contributed by atoms with E-state index in [9.17, 15) is 0 Å². The summed E-state index contributed by atoms with van der Waals surface area (Å²) < 4.78 is 6.49. The van der Waals surface area contributed by atoms with Crippen molar-refractivity contribution in [2.24, 2.45) is 0 Å². The molecule has 3 aromatic rings. The van der Waals surface area contributed by atoms with Crippen LogP contribution in [0.4, 0.5) is 0 Å². The van der Waals surface area contributed by atoms with Crippen LogP contribution in [-0.4, -0.2) is 44.6 Å². The Morgan fingerprint density at radius 2 is 1.93 bits per heavy atom. The molecule has 0 aliphatic carbocycles. The Labute approximate surface area is 164 Å². The third kappa shape index (κ3) is 3.72. The lowest BCUT2D eigenvalue weighted by Gasteiger charge is -2.47. The van der Waals surface area contributed by atoms with Crippen molar-refractivity contribution in [2.45, 2.75) is 30.4 Å². The van der Waals surface area contributed by atoms with Crippen LogP contribution >= 0.6 is 11.8 Å². The lowest BCUT2D eigenvalue weighted by molar-refractivity contribution is 0.0248. The molecule has 2 aliphatic heterocycles. The number of para-hydroxylation sites is 1. The van der Waals surface area contributed by atoms with Gasteiger partial charge in [-0.1, -0.05) is 30.3 Å². The zero-order valence-corrected chi connectivity index (χ0v) is 16.1. The number of nitrogens with zero attached hydrogens (tertiary/aromatic N) is 3. The van der Waals surface area contributed by atoms with Crippen molar-refractivity contribution in [1.29, 1.82) is 0 Å². The number of likely N-dealkylation sites (tertiary alicyclic amines) is 1. The van der Waals surface area contributed by atoms with Gasteiger partial charge in [0.25, 0.3) is 0 Å². The van der Waals surface area contributed by atoms with Gasteiger partial charge in [0.2, 0.25) is 0 Å². The minimum absolute atomic E-state index is 0.345. The predicted molar refractivity (Wildman–Crippen MR) is 110 cm³/mol. The number of thioether (sulfide) groups is 1. The summed E-state index contributed by atoms with van der Waals surface area (Å²) in [6.07, 6.45) is 3.32. The summed E-state index contributed by atoms with van der Waals surface area (Å²) in [6, 6.07) is 18.6. The fourth-order valence-electron chi connectivity index (χ4n) is 4.12. The van der Waals surface area contributed by atoms with E-state index < -0.39 is 0 Å². The fourth-order valence-corrected chi connectivity index (χ4v) is 5.73. The van der Waals surface area contributed by atoms with Crippen molar-refractivity contribution in [2.75, 3.05) is 18.8 Å². The van der Waals surface area contributed by atoms with Gasteiger partial charge < -0.3 is 4.74 Å². The summed E-state index contributed by atoms with van der Waals surface area (Å²) in [4.78, 5) is 11.7. The lowest BCUT2D eigenvalue weighted by Crippen LogP contribution is -2.58. The van der Waals surface area contributed by atoms with E-state index in [1.807, 2.05) is 24.4 Å². The summed E-state index contributed by atoms with van der Waals surface area (Å²) in [5, 5.41) is 1.21. The largest absolute Gasteiger partial charge is 0.371 e. The average Bonchev–Trinajstić information content (AvgIpc) is 3.11. The van der Waals surface area contributed by atoms with Crippen LogP contribution in [0.1, 0.15) is 17.8 Å². The van der Waals surface area contributed by atoms with E-state index in [2.05, 4.69) is 58.0 Å². The number of rotatable bonds is 5. The van der Waals surface area contributed by atoms with Crippen molar-refractivity contribution in [1.82, 2.24) is 14.9 Å². The third-order valence-electron chi connectivity index (χ3n) is 5.43. The number of benzene rings is 1. The Hall–Kier alpha value is -1.95. The predicted octanol–water partition coefficient (Wildman–Crippen LogP) is 3.91. The Bertz CT molecular complexity index is 927. The molecule has 0 N–H and O–H groups in total. The first-order valence-electron chi connectivity index (χ1n) is 9.51. The maximum atomic E-state index is 6.11. The first-order valence-corrected chi connectivity index (χ1v) is 10.5. The second-order valence-corrected chi connectivity index (χ2v) is 9.08. The van der Waals surface area contributed by atoms with Crippen molar-refractivity contribution in [3.63, 3.8) is 0 Å². The third-order valence-corrected chi connectivity index (χ3v) is 7.01. The number of aromatic nitrogens is 2. The maximum absolute atomic E-state index is 6.11. The second-order valence-electron chi connectivity index (χ2n) is 7.59. The van der Waals surface area contributed by atoms with E-state index >= 15 is 0 Å². The number of ether oxygens (including phenoxy) is 1. The molecule has 27 heavy (non-hydrogen) atoms. The van der Waals surface area contributed by atoms with E-state index in [1.54, 1.807) is 0 Å². The molecule has 5 rings (SSSR count). The molecule has 1 aromatic carbocycles. The van der Waals surface area contributed by atoms with Gasteiger partial charge >= 0.3 is 0 Å². The van der Waals surface area contributed by atoms with Gasteiger partial charge in [-0.15, -0.1) is 11.8 Å². The zero-order valence-electron chi connectivity index (χ0n) is 15.3. The number of hydrogen-bond donors (Lipinski definition) is 0. The summed E-state index contributed by atoms with van der Waals surface area (Å²) in [5.41, 5.74) is 3.26. The Balaban J connectivity index is 1.13. The molecule has 0 radical (unpaired) electrons. The number of fused-ring (bicyclic) bond motifs is 1. The molecule has 4 heterocycles. The van der Waals surface area contributed by atoms with Crippen molar-refractivity contribution in [3.8, 4) is 0 Å². The van der Waals surface area contributed by atoms with Gasteiger partial charge in [-0.05, 0) is 30.7 Å². The van der Waals surface area contributed by atoms with Crippen molar-refractivity contribution >= 4 is 22.7 Å². The Kier molecular flexibility index (Phi) is 4.60. The van der Waals surface area contributed by atoms with Crippen LogP contribution < -0.4 is 0 Å². The highest BCUT2D eigenvalue weighted by Crippen LogP contribution is 2.46. The summed E-state index contributed by atoms with van der Waals surface area (Å²) >= 11 is 2.08. The number of hydrogen-bond acceptors (Lipinski definition) is 5. The van der Waals surface area contributed by atoms with Gasteiger partial charge in [-0.3, -0.25) is 14.9 Å². The van der Waals surface area contributed by atoms with Crippen LogP contribution in [0.25, 0.3) is 10.9 Å². The number of pyridine rings is 2. The van der Waals surface area contributed by atoms with Crippen LogP contribution in [0.2, 0.25) is 0 Å². The monoisotopic (exact) mass is 377 g/mol. The molecule has 2 aliphatic rings. The lowest BCUT2D eigenvalue weighted by atomic mass is 9.92. The molecule has 2 aromatic heterocycles. The van der Waals surface area contributed by atoms with E-state index in [0.717, 1.165) is 48.7 Å². The second kappa shape index (κ2) is 7.23. The topological polar surface area (TPSA) is 38.2 Å². The van der Waals surface area contributed by atoms with Crippen LogP contribution in [0.5, 0.6) is 0 Å². The van der Waals surface area contributed by atoms with Crippen LogP contribution in [0, 0.1) is 0 Å². The highest BCUT2D eigenvalue weighted by molar-refractivity contribution is 8.01. The van der Waals surface area contributed by atoms with E-state index in [1.165, 1.54) is 5.39 Å². The SMILES string of the molecule is c1ccc(COC2CSC3(C2)CN(Cc2ccc4ccccc4n2)C3)nc1. The maximum Gasteiger partial charge on any atom is 0.0892 e. The molecule has 1 unspecified atom stereocenters. The highest BCUT2D eigenvalue weighted by atomic mass is 32.2. The van der Waals surface area contributed by atoms with Crippen LogP contribution in [0.15, 0.2) is 60.8 Å². The fraction of sp³-hybridized carbons (Fsp3) is 0.364. The minimum Gasteiger partial charge on any atom is -0.371 e. The molecule has 1 atom stereocenters. The molecule has 0 saturated carbocycles. The van der Waals surface area contributed by atoms with Gasteiger partial charge in [0.15, 0.2) is 0 Å². The molecule has 2 saturated heterocycles. The van der Waals surface area contributed by atoms with E-state index in [4.69, 9.17) is 9.72 Å². The first kappa shape index (κ1) is 17.2. The van der Waals surface area contributed by atoms with Crippen LogP contribution in [0.3, 0.4) is 0 Å². The molecular formula is C22H23N3OS. The van der Waals surface area contributed by atoms with E-state index in [0.29, 0.717) is 17.5 Å². The van der Waals surface area contributed by atoms with Gasteiger partial charge in [-0.2, -0.15) is 0 Å². The summed E-state index contributed by atoms with van der Waals surface area (Å²) in [6.45, 7) is 3.82. The average molecular weight is 378 g/mol. The quantitative estimate of drug-likeness (QED) is 0.674. The molecule has 138 valence electrons. The van der Waals surface area contributed by atoms with Gasteiger partial charge in [0.1, 0.15) is 0 Å². The smallest absolute Gasteiger partial charge is 0.0892 e. The van der Waals surface area contributed by atoms with Crippen LogP contribution in [-0.2, 0) is 17.9 Å². The van der Waals surface area contributed by atoms with Gasteiger partial charge in [0.05, 0.1) is 29.6 Å².